The van der Waals surface area contributed by atoms with Crippen LogP contribution in [0.3, 0.4) is 0 Å². The second-order valence-corrected chi connectivity index (χ2v) is 4.80. The largest absolute Gasteiger partial charge is 0.381 e. The summed E-state index contributed by atoms with van der Waals surface area (Å²) in [5, 5.41) is 0. The number of hydrogen-bond donors (Lipinski definition) is 0. The molecule has 1 spiro atoms. The molecule has 0 aromatic heterocycles. The standard InChI is InChI=1S/C11H18O/c1-2-12-7-10-9-4-3-8-5-6-11(8,9)10/h8-10H,2-7H2,1H3. The van der Waals surface area contributed by atoms with E-state index in [-0.39, 0.29) is 0 Å². The lowest BCUT2D eigenvalue weighted by atomic mass is 9.69. The fourth-order valence-electron chi connectivity index (χ4n) is 4.07. The fourth-order valence-corrected chi connectivity index (χ4v) is 4.07. The van der Waals surface area contributed by atoms with Gasteiger partial charge in [0, 0.05) is 6.61 Å². The summed E-state index contributed by atoms with van der Waals surface area (Å²) in [6, 6.07) is 0. The Hall–Kier alpha value is -0.0400. The first-order chi connectivity index (χ1) is 5.89. The molecule has 3 saturated carbocycles. The Kier molecular flexibility index (Phi) is 1.39. The molecule has 4 atom stereocenters. The van der Waals surface area contributed by atoms with Gasteiger partial charge < -0.3 is 4.74 Å². The van der Waals surface area contributed by atoms with E-state index >= 15 is 0 Å². The average molecular weight is 166 g/mol. The predicted molar refractivity (Wildman–Crippen MR) is 47.9 cm³/mol. The number of rotatable bonds is 3. The molecule has 0 amide bonds. The van der Waals surface area contributed by atoms with Crippen LogP contribution in [0.4, 0.5) is 0 Å². The first kappa shape index (κ1) is 7.37. The second-order valence-electron chi connectivity index (χ2n) is 4.80. The number of ether oxygens (including phenoxy) is 1. The Bertz CT molecular complexity index is 201. The minimum Gasteiger partial charge on any atom is -0.381 e. The van der Waals surface area contributed by atoms with Crippen LogP contribution >= 0.6 is 0 Å². The molecule has 0 radical (unpaired) electrons. The molecule has 4 unspecified atom stereocenters. The molecule has 3 aliphatic rings. The van der Waals surface area contributed by atoms with Gasteiger partial charge in [0.15, 0.2) is 0 Å². The van der Waals surface area contributed by atoms with E-state index in [0.29, 0.717) is 0 Å². The maximum Gasteiger partial charge on any atom is 0.0502 e. The molecule has 1 heteroatoms. The lowest BCUT2D eigenvalue weighted by Crippen LogP contribution is -2.28. The van der Waals surface area contributed by atoms with Gasteiger partial charge in [-0.05, 0) is 55.8 Å². The van der Waals surface area contributed by atoms with E-state index < -0.39 is 0 Å². The molecular formula is C11H18O. The molecule has 0 bridgehead atoms. The summed E-state index contributed by atoms with van der Waals surface area (Å²) in [4.78, 5) is 0. The van der Waals surface area contributed by atoms with Gasteiger partial charge in [-0.1, -0.05) is 0 Å². The second kappa shape index (κ2) is 2.25. The molecule has 0 aromatic rings. The third-order valence-corrected chi connectivity index (χ3v) is 4.77. The van der Waals surface area contributed by atoms with Crippen LogP contribution in [0.1, 0.15) is 32.6 Å². The Labute approximate surface area is 74.5 Å². The smallest absolute Gasteiger partial charge is 0.0502 e. The van der Waals surface area contributed by atoms with Gasteiger partial charge >= 0.3 is 0 Å². The normalized spacial score (nSPS) is 54.2. The van der Waals surface area contributed by atoms with Crippen molar-refractivity contribution in [3.63, 3.8) is 0 Å². The maximum atomic E-state index is 5.54. The van der Waals surface area contributed by atoms with Gasteiger partial charge in [0.05, 0.1) is 6.61 Å². The maximum absolute atomic E-state index is 5.54. The van der Waals surface area contributed by atoms with Crippen molar-refractivity contribution < 1.29 is 4.74 Å². The highest BCUT2D eigenvalue weighted by atomic mass is 16.5. The first-order valence-corrected chi connectivity index (χ1v) is 5.47. The summed E-state index contributed by atoms with van der Waals surface area (Å²) in [6.45, 7) is 4.08. The molecule has 0 N–H and O–H groups in total. The Morgan fingerprint density at radius 3 is 2.83 bits per heavy atom. The highest BCUT2D eigenvalue weighted by Crippen LogP contribution is 2.79. The van der Waals surface area contributed by atoms with E-state index in [1.165, 1.54) is 25.7 Å². The highest BCUT2D eigenvalue weighted by molar-refractivity contribution is 5.22. The van der Waals surface area contributed by atoms with E-state index in [9.17, 15) is 0 Å². The van der Waals surface area contributed by atoms with Crippen LogP contribution in [0.15, 0.2) is 0 Å². The zero-order valence-corrected chi connectivity index (χ0v) is 7.88. The van der Waals surface area contributed by atoms with Crippen molar-refractivity contribution in [1.82, 2.24) is 0 Å². The molecule has 68 valence electrons. The monoisotopic (exact) mass is 166 g/mol. The summed E-state index contributed by atoms with van der Waals surface area (Å²) in [6.07, 6.45) is 6.11. The van der Waals surface area contributed by atoms with Crippen molar-refractivity contribution in [3.05, 3.63) is 0 Å². The van der Waals surface area contributed by atoms with Crippen LogP contribution < -0.4 is 0 Å². The van der Waals surface area contributed by atoms with Gasteiger partial charge in [-0.25, -0.2) is 0 Å². The molecule has 1 nitrogen and oxygen atoms in total. The number of hydrogen-bond acceptors (Lipinski definition) is 1. The van der Waals surface area contributed by atoms with E-state index in [1.54, 1.807) is 0 Å². The van der Waals surface area contributed by atoms with Crippen molar-refractivity contribution in [3.8, 4) is 0 Å². The van der Waals surface area contributed by atoms with E-state index in [4.69, 9.17) is 4.74 Å². The lowest BCUT2D eigenvalue weighted by molar-refractivity contribution is 0.0778. The molecule has 0 heterocycles. The topological polar surface area (TPSA) is 9.23 Å². The summed E-state index contributed by atoms with van der Waals surface area (Å²) in [5.41, 5.74) is 0.842. The van der Waals surface area contributed by atoms with Gasteiger partial charge in [-0.3, -0.25) is 0 Å². The summed E-state index contributed by atoms with van der Waals surface area (Å²) >= 11 is 0. The van der Waals surface area contributed by atoms with Crippen LogP contribution in [-0.4, -0.2) is 13.2 Å². The summed E-state index contributed by atoms with van der Waals surface area (Å²) in [7, 11) is 0. The van der Waals surface area contributed by atoms with Gasteiger partial charge in [0.25, 0.3) is 0 Å². The quantitative estimate of drug-likeness (QED) is 0.625. The Balaban J connectivity index is 1.64. The minimum atomic E-state index is 0.842. The van der Waals surface area contributed by atoms with Crippen LogP contribution in [-0.2, 0) is 4.74 Å². The first-order valence-electron chi connectivity index (χ1n) is 5.47. The van der Waals surface area contributed by atoms with Crippen molar-refractivity contribution in [2.45, 2.75) is 32.6 Å². The van der Waals surface area contributed by atoms with Crippen molar-refractivity contribution in [1.29, 1.82) is 0 Å². The summed E-state index contributed by atoms with van der Waals surface area (Å²) in [5.74, 6) is 3.18. The van der Waals surface area contributed by atoms with Gasteiger partial charge in [0.1, 0.15) is 0 Å². The summed E-state index contributed by atoms with van der Waals surface area (Å²) < 4.78 is 5.54. The Morgan fingerprint density at radius 2 is 2.25 bits per heavy atom. The highest BCUT2D eigenvalue weighted by Gasteiger charge is 2.73. The third-order valence-electron chi connectivity index (χ3n) is 4.77. The molecular weight excluding hydrogens is 148 g/mol. The fraction of sp³-hybridized carbons (Fsp3) is 1.00. The van der Waals surface area contributed by atoms with Crippen LogP contribution in [0.2, 0.25) is 0 Å². The van der Waals surface area contributed by atoms with E-state index in [1.807, 2.05) is 0 Å². The van der Waals surface area contributed by atoms with Crippen molar-refractivity contribution in [2.24, 2.45) is 23.2 Å². The minimum absolute atomic E-state index is 0.842. The Morgan fingerprint density at radius 1 is 1.33 bits per heavy atom. The van der Waals surface area contributed by atoms with Crippen LogP contribution in [0, 0.1) is 23.2 Å². The van der Waals surface area contributed by atoms with Crippen molar-refractivity contribution >= 4 is 0 Å². The van der Waals surface area contributed by atoms with Gasteiger partial charge in [-0.15, -0.1) is 0 Å². The third kappa shape index (κ3) is 0.654. The van der Waals surface area contributed by atoms with E-state index in [2.05, 4.69) is 6.92 Å². The zero-order valence-electron chi connectivity index (χ0n) is 7.88. The lowest BCUT2D eigenvalue weighted by Gasteiger charge is -2.36. The predicted octanol–water partition coefficient (Wildman–Crippen LogP) is 2.46. The van der Waals surface area contributed by atoms with Crippen LogP contribution in [0.5, 0.6) is 0 Å². The average Bonchev–Trinajstić information content (AvgIpc) is 2.63. The molecule has 0 aromatic carbocycles. The molecule has 12 heavy (non-hydrogen) atoms. The molecule has 0 aliphatic heterocycles. The van der Waals surface area contributed by atoms with Crippen molar-refractivity contribution in [2.75, 3.05) is 13.2 Å². The molecule has 3 fully saturated rings. The SMILES string of the molecule is CCOCC1C2CCC3CCC321. The zero-order chi connectivity index (χ0) is 8.18. The van der Waals surface area contributed by atoms with Crippen LogP contribution in [0.25, 0.3) is 0 Å². The van der Waals surface area contributed by atoms with Gasteiger partial charge in [0.2, 0.25) is 0 Å². The van der Waals surface area contributed by atoms with E-state index in [0.717, 1.165) is 36.4 Å². The molecule has 0 saturated heterocycles. The molecule has 3 rings (SSSR count). The molecule has 3 aliphatic carbocycles. The van der Waals surface area contributed by atoms with Gasteiger partial charge in [-0.2, -0.15) is 0 Å².